The molecule has 1 aliphatic rings. The van der Waals surface area contributed by atoms with Crippen molar-refractivity contribution in [1.82, 2.24) is 4.90 Å². The highest BCUT2D eigenvalue weighted by Gasteiger charge is 2.32. The fourth-order valence-electron chi connectivity index (χ4n) is 5.43. The van der Waals surface area contributed by atoms with Gasteiger partial charge in [-0.05, 0) is 35.1 Å². The number of likely N-dealkylation sites (tertiary alicyclic amines) is 1. The molecule has 0 amide bonds. The molecule has 3 rings (SSSR count). The maximum absolute atomic E-state index is 11.5. The van der Waals surface area contributed by atoms with Crippen molar-refractivity contribution >= 4 is 14.1 Å². The Bertz CT molecular complexity index is 943. The quantitative estimate of drug-likeness (QED) is 0.239. The van der Waals surface area contributed by atoms with Crippen molar-refractivity contribution in [2.45, 2.75) is 90.6 Å². The summed E-state index contributed by atoms with van der Waals surface area (Å²) in [4.78, 5) is 2.57. The largest absolute Gasteiger partial charge is 0.389 e. The number of aliphatic hydroxyl groups excluding tert-OH is 1. The molecule has 0 bridgehead atoms. The fraction of sp³-hybridized carbons (Fsp3) is 0.500. The third-order valence-electron chi connectivity index (χ3n) is 7.15. The standard InChI is InChI=1S/C32H47NOSi/c1-5-6-7-8-9-16-21-31(34)32(35(2,3)4)30-22-23-33(25-28-19-14-11-15-20-28)26-29(30)24-27-17-12-10-13-18-27/h10-15,17-20,24,31,34H,5-9,16,21-23,25-26H2,1-4H3/b29-24+,32-30-. The normalized spacial score (nSPS) is 18.6. The number of rotatable bonds is 12. The Labute approximate surface area is 215 Å². The summed E-state index contributed by atoms with van der Waals surface area (Å²) in [6, 6.07) is 21.5. The first kappa shape index (κ1) is 27.6. The minimum Gasteiger partial charge on any atom is -0.389 e. The minimum atomic E-state index is -1.70. The molecule has 0 spiro atoms. The second-order valence-electron chi connectivity index (χ2n) is 11.2. The van der Waals surface area contributed by atoms with E-state index in [0.717, 1.165) is 38.9 Å². The summed E-state index contributed by atoms with van der Waals surface area (Å²) in [5.41, 5.74) is 5.48. The molecule has 1 unspecified atom stereocenters. The molecule has 2 nitrogen and oxygen atoms in total. The van der Waals surface area contributed by atoms with Crippen molar-refractivity contribution in [3.05, 3.63) is 88.1 Å². The Morgan fingerprint density at radius 2 is 1.54 bits per heavy atom. The summed E-state index contributed by atoms with van der Waals surface area (Å²) in [6.45, 7) is 12.5. The van der Waals surface area contributed by atoms with Crippen molar-refractivity contribution in [3.8, 4) is 0 Å². The summed E-state index contributed by atoms with van der Waals surface area (Å²) in [5, 5.41) is 12.9. The van der Waals surface area contributed by atoms with E-state index in [-0.39, 0.29) is 6.10 Å². The SMILES string of the molecule is CCCCCCCCC(O)/C(=C1\CCN(Cc2ccccc2)C\C1=C/c1ccccc1)[Si](C)(C)C. The van der Waals surface area contributed by atoms with Crippen LogP contribution in [0.15, 0.2) is 77.0 Å². The second kappa shape index (κ2) is 14.0. The molecular weight excluding hydrogens is 442 g/mol. The number of benzene rings is 2. The Hall–Kier alpha value is -1.94. The zero-order valence-electron chi connectivity index (χ0n) is 22.6. The number of hydrogen-bond donors (Lipinski definition) is 1. The van der Waals surface area contributed by atoms with Gasteiger partial charge in [-0.3, -0.25) is 4.90 Å². The first-order valence-corrected chi connectivity index (χ1v) is 17.3. The Morgan fingerprint density at radius 1 is 0.914 bits per heavy atom. The minimum absolute atomic E-state index is 0.303. The van der Waals surface area contributed by atoms with Crippen LogP contribution in [0.1, 0.15) is 69.4 Å². The molecule has 1 heterocycles. The average molecular weight is 490 g/mol. The van der Waals surface area contributed by atoms with Crippen LogP contribution in [0.25, 0.3) is 6.08 Å². The van der Waals surface area contributed by atoms with E-state index in [1.807, 2.05) is 0 Å². The van der Waals surface area contributed by atoms with Gasteiger partial charge in [-0.15, -0.1) is 0 Å². The molecule has 190 valence electrons. The number of aliphatic hydroxyl groups is 1. The molecule has 1 fully saturated rings. The number of unbranched alkanes of at least 4 members (excludes halogenated alkanes) is 5. The van der Waals surface area contributed by atoms with Gasteiger partial charge in [-0.25, -0.2) is 0 Å². The van der Waals surface area contributed by atoms with E-state index >= 15 is 0 Å². The number of hydrogen-bond acceptors (Lipinski definition) is 2. The van der Waals surface area contributed by atoms with E-state index in [4.69, 9.17) is 0 Å². The van der Waals surface area contributed by atoms with E-state index in [2.05, 4.69) is 98.2 Å². The zero-order valence-corrected chi connectivity index (χ0v) is 23.6. The van der Waals surface area contributed by atoms with Crippen LogP contribution in [0.3, 0.4) is 0 Å². The molecule has 1 aliphatic heterocycles. The topological polar surface area (TPSA) is 23.5 Å². The van der Waals surface area contributed by atoms with Gasteiger partial charge in [0.15, 0.2) is 0 Å². The summed E-state index contributed by atoms with van der Waals surface area (Å²) in [7, 11) is -1.70. The van der Waals surface area contributed by atoms with Gasteiger partial charge in [0.05, 0.1) is 14.2 Å². The molecule has 1 atom stereocenters. The highest BCUT2D eigenvalue weighted by atomic mass is 28.3. The van der Waals surface area contributed by atoms with E-state index in [0.29, 0.717) is 0 Å². The lowest BCUT2D eigenvalue weighted by molar-refractivity contribution is 0.199. The van der Waals surface area contributed by atoms with Gasteiger partial charge in [-0.1, -0.05) is 137 Å². The molecule has 0 aromatic heterocycles. The Morgan fingerprint density at radius 3 is 2.20 bits per heavy atom. The van der Waals surface area contributed by atoms with Crippen LogP contribution < -0.4 is 0 Å². The molecule has 0 saturated carbocycles. The third kappa shape index (κ3) is 8.90. The van der Waals surface area contributed by atoms with E-state index in [9.17, 15) is 5.11 Å². The van der Waals surface area contributed by atoms with Crippen molar-refractivity contribution in [1.29, 1.82) is 0 Å². The van der Waals surface area contributed by atoms with Crippen LogP contribution in [0, 0.1) is 0 Å². The van der Waals surface area contributed by atoms with Gasteiger partial charge in [0.25, 0.3) is 0 Å². The van der Waals surface area contributed by atoms with Gasteiger partial charge in [0.1, 0.15) is 0 Å². The molecule has 2 aromatic carbocycles. The smallest absolute Gasteiger partial charge is 0.0761 e. The zero-order chi connectivity index (χ0) is 25.1. The number of piperidine rings is 1. The first-order chi connectivity index (χ1) is 16.9. The van der Waals surface area contributed by atoms with Crippen molar-refractivity contribution in [2.24, 2.45) is 0 Å². The van der Waals surface area contributed by atoms with Crippen LogP contribution in [0.4, 0.5) is 0 Å². The van der Waals surface area contributed by atoms with Crippen molar-refractivity contribution in [2.75, 3.05) is 13.1 Å². The molecule has 2 aromatic rings. The lowest BCUT2D eigenvalue weighted by Crippen LogP contribution is -2.38. The first-order valence-electron chi connectivity index (χ1n) is 13.8. The van der Waals surface area contributed by atoms with E-state index in [1.54, 1.807) is 0 Å². The molecule has 35 heavy (non-hydrogen) atoms. The Balaban J connectivity index is 1.85. The summed E-state index contributed by atoms with van der Waals surface area (Å²) >= 11 is 0. The summed E-state index contributed by atoms with van der Waals surface area (Å²) in [6.07, 6.45) is 11.6. The number of nitrogens with zero attached hydrogens (tertiary/aromatic N) is 1. The van der Waals surface area contributed by atoms with Gasteiger partial charge >= 0.3 is 0 Å². The fourth-order valence-corrected chi connectivity index (χ4v) is 7.76. The highest BCUT2D eigenvalue weighted by molar-refractivity contribution is 6.83. The van der Waals surface area contributed by atoms with Crippen LogP contribution in [0.5, 0.6) is 0 Å². The van der Waals surface area contributed by atoms with Gasteiger partial charge in [0.2, 0.25) is 0 Å². The lowest BCUT2D eigenvalue weighted by Gasteiger charge is -2.37. The summed E-state index contributed by atoms with van der Waals surface area (Å²) in [5.74, 6) is 0. The monoisotopic (exact) mass is 489 g/mol. The van der Waals surface area contributed by atoms with Gasteiger partial charge < -0.3 is 5.11 Å². The van der Waals surface area contributed by atoms with Crippen LogP contribution in [0.2, 0.25) is 19.6 Å². The Kier molecular flexibility index (Phi) is 11.0. The predicted molar refractivity (Wildman–Crippen MR) is 155 cm³/mol. The highest BCUT2D eigenvalue weighted by Crippen LogP contribution is 2.35. The van der Waals surface area contributed by atoms with Crippen molar-refractivity contribution < 1.29 is 5.11 Å². The van der Waals surface area contributed by atoms with Crippen molar-refractivity contribution in [3.63, 3.8) is 0 Å². The second-order valence-corrected chi connectivity index (χ2v) is 16.3. The predicted octanol–water partition coefficient (Wildman–Crippen LogP) is 8.26. The molecule has 3 heteroatoms. The van der Waals surface area contributed by atoms with Crippen LogP contribution >= 0.6 is 0 Å². The molecule has 0 aliphatic carbocycles. The third-order valence-corrected chi connectivity index (χ3v) is 9.40. The van der Waals surface area contributed by atoms with E-state index in [1.165, 1.54) is 59.6 Å². The van der Waals surface area contributed by atoms with Gasteiger partial charge in [0, 0.05) is 19.6 Å². The van der Waals surface area contributed by atoms with Gasteiger partial charge in [-0.2, -0.15) is 0 Å². The maximum Gasteiger partial charge on any atom is 0.0761 e. The van der Waals surface area contributed by atoms with Crippen LogP contribution in [-0.4, -0.2) is 37.3 Å². The average Bonchev–Trinajstić information content (AvgIpc) is 2.83. The maximum atomic E-state index is 11.5. The molecular formula is C32H47NOSi. The molecule has 1 saturated heterocycles. The summed E-state index contributed by atoms with van der Waals surface area (Å²) < 4.78 is 0. The van der Waals surface area contributed by atoms with E-state index < -0.39 is 8.07 Å². The lowest BCUT2D eigenvalue weighted by atomic mass is 9.92. The van der Waals surface area contributed by atoms with Crippen LogP contribution in [-0.2, 0) is 6.54 Å². The molecule has 1 N–H and O–H groups in total. The molecule has 0 radical (unpaired) electrons.